The van der Waals surface area contributed by atoms with Crippen LogP contribution in [0.15, 0.2) is 35.3 Å². The van der Waals surface area contributed by atoms with Gasteiger partial charge in [0.25, 0.3) is 0 Å². The van der Waals surface area contributed by atoms with E-state index in [1.165, 1.54) is 12.3 Å². The van der Waals surface area contributed by atoms with Crippen LogP contribution < -0.4 is 20.5 Å². The highest BCUT2D eigenvalue weighted by molar-refractivity contribution is 5.76. The summed E-state index contributed by atoms with van der Waals surface area (Å²) in [5.74, 6) is -1.91. The lowest BCUT2D eigenvalue weighted by atomic mass is 10.1. The first-order chi connectivity index (χ1) is 13.5. The van der Waals surface area contributed by atoms with Gasteiger partial charge in [0.2, 0.25) is 5.95 Å². The molecule has 2 aromatic heterocycles. The molecule has 0 fully saturated rings. The Balaban J connectivity index is 1.76. The average molecular weight is 390 g/mol. The molecule has 3 heterocycles. The number of benzene rings is 1. The maximum atomic E-state index is 13.9. The first-order valence-electron chi connectivity index (χ1n) is 8.61. The molecule has 1 aliphatic rings. The molecule has 1 aliphatic heterocycles. The van der Waals surface area contributed by atoms with Gasteiger partial charge < -0.3 is 20.0 Å². The van der Waals surface area contributed by atoms with Crippen molar-refractivity contribution in [1.82, 2.24) is 14.7 Å². The van der Waals surface area contributed by atoms with Crippen molar-refractivity contribution in [1.29, 1.82) is 0 Å². The van der Waals surface area contributed by atoms with Crippen LogP contribution in [0.5, 0.6) is 11.5 Å². The van der Waals surface area contributed by atoms with Gasteiger partial charge in [-0.2, -0.15) is 4.98 Å². The molecular weight excluding hydrogens is 374 g/mol. The molecule has 1 aromatic carbocycles. The molecule has 2 N–H and O–H groups in total. The zero-order valence-electron chi connectivity index (χ0n) is 14.6. The number of hydrogen-bond acceptors (Lipinski definition) is 7. The van der Waals surface area contributed by atoms with Crippen LogP contribution >= 0.6 is 0 Å². The summed E-state index contributed by atoms with van der Waals surface area (Å²) in [4.78, 5) is 26.9. The molecule has 3 aromatic rings. The molecule has 0 radical (unpaired) electrons. The zero-order chi connectivity index (χ0) is 19.7. The summed E-state index contributed by atoms with van der Waals surface area (Å²) in [5, 5.41) is 12.7. The fourth-order valence-electron chi connectivity index (χ4n) is 2.90. The van der Waals surface area contributed by atoms with E-state index in [0.717, 1.165) is 16.9 Å². The number of ether oxygens (including phenoxy) is 1. The first kappa shape index (κ1) is 18.1. The van der Waals surface area contributed by atoms with Crippen LogP contribution in [-0.4, -0.2) is 39.1 Å². The van der Waals surface area contributed by atoms with Gasteiger partial charge in [0.15, 0.2) is 23.0 Å². The second-order valence-corrected chi connectivity index (χ2v) is 6.23. The maximum Gasteiger partial charge on any atom is 0.328 e. The summed E-state index contributed by atoms with van der Waals surface area (Å²) in [6, 6.07) is 4.02. The van der Waals surface area contributed by atoms with E-state index in [9.17, 15) is 18.7 Å². The molecule has 0 spiro atoms. The van der Waals surface area contributed by atoms with Crippen LogP contribution in [0.3, 0.4) is 0 Å². The highest BCUT2D eigenvalue weighted by Gasteiger charge is 2.19. The van der Waals surface area contributed by atoms with Crippen molar-refractivity contribution < 1.29 is 23.5 Å². The Labute approximate surface area is 157 Å². The Morgan fingerprint density at radius 2 is 2.18 bits per heavy atom. The summed E-state index contributed by atoms with van der Waals surface area (Å²) < 4.78 is 33.3. The summed E-state index contributed by atoms with van der Waals surface area (Å²) in [6.45, 7) is 0.148. The van der Waals surface area contributed by atoms with Crippen LogP contribution in [0.25, 0.3) is 11.0 Å². The molecule has 0 aliphatic carbocycles. The minimum Gasteiger partial charge on any atom is -0.448 e. The monoisotopic (exact) mass is 390 g/mol. The lowest BCUT2D eigenvalue weighted by Crippen LogP contribution is -2.30. The summed E-state index contributed by atoms with van der Waals surface area (Å²) in [6.07, 6.45) is 2.43. The van der Waals surface area contributed by atoms with Crippen LogP contribution in [0, 0.1) is 11.6 Å². The van der Waals surface area contributed by atoms with Gasteiger partial charge in [-0.15, -0.1) is 4.73 Å². The number of halogens is 2. The molecule has 2 bridgehead atoms. The second-order valence-electron chi connectivity index (χ2n) is 6.23. The maximum absolute atomic E-state index is 13.9. The summed E-state index contributed by atoms with van der Waals surface area (Å²) in [7, 11) is 0. The predicted molar refractivity (Wildman–Crippen MR) is 95.4 cm³/mol. The van der Waals surface area contributed by atoms with E-state index in [1.54, 1.807) is 0 Å². The smallest absolute Gasteiger partial charge is 0.328 e. The van der Waals surface area contributed by atoms with E-state index >= 15 is 0 Å². The molecule has 1 unspecified atom stereocenters. The number of aromatic nitrogens is 3. The Morgan fingerprint density at radius 3 is 2.96 bits per heavy atom. The van der Waals surface area contributed by atoms with Gasteiger partial charge >= 0.3 is 5.56 Å². The number of aliphatic hydroxyl groups is 1. The lowest BCUT2D eigenvalue weighted by Gasteiger charge is -2.15. The fraction of sp³-hybridized carbons (Fsp3) is 0.278. The standard InChI is InChI=1S/C18H16F2N4O4/c19-11-1-2-14(13(20)8-11)28-15-7-10-9-21-18-22-12(3-5-25)4-6-27-24(17(15)26)16(10)23-18/h1-2,7-9,12,25H,3-6H2,(H,21,22,23). The highest BCUT2D eigenvalue weighted by Crippen LogP contribution is 2.25. The number of hydrogen-bond donors (Lipinski definition) is 2. The van der Waals surface area contributed by atoms with E-state index in [0.29, 0.717) is 30.2 Å². The lowest BCUT2D eigenvalue weighted by molar-refractivity contribution is 0.103. The third-order valence-corrected chi connectivity index (χ3v) is 4.28. The van der Waals surface area contributed by atoms with Gasteiger partial charge in [0.1, 0.15) is 12.4 Å². The molecule has 0 saturated carbocycles. The predicted octanol–water partition coefficient (Wildman–Crippen LogP) is 1.86. The van der Waals surface area contributed by atoms with Gasteiger partial charge in [-0.25, -0.2) is 13.8 Å². The molecule has 8 nitrogen and oxygen atoms in total. The minimum atomic E-state index is -0.937. The van der Waals surface area contributed by atoms with E-state index in [4.69, 9.17) is 9.57 Å². The number of fused-ring (bicyclic) bond motifs is 1. The van der Waals surface area contributed by atoms with Crippen molar-refractivity contribution >= 4 is 17.0 Å². The number of aliphatic hydroxyl groups excluding tert-OH is 1. The second kappa shape index (κ2) is 7.39. The van der Waals surface area contributed by atoms with Crippen molar-refractivity contribution in [3.63, 3.8) is 0 Å². The molecule has 10 heteroatoms. The molecular formula is C18H16F2N4O4. The molecule has 0 amide bonds. The number of pyridine rings is 1. The van der Waals surface area contributed by atoms with Crippen LogP contribution in [0.1, 0.15) is 12.8 Å². The van der Waals surface area contributed by atoms with E-state index in [2.05, 4.69) is 15.3 Å². The Bertz CT molecular complexity index is 1090. The SMILES string of the molecule is O=c1c(Oc2ccc(F)cc2F)cc2cnc3nc2n1OCCC(CCO)N3. The van der Waals surface area contributed by atoms with Crippen LogP contribution in [-0.2, 0) is 0 Å². The average Bonchev–Trinajstić information content (AvgIpc) is 2.73. The number of rotatable bonds is 4. The van der Waals surface area contributed by atoms with Crippen molar-refractivity contribution in [2.45, 2.75) is 18.9 Å². The van der Waals surface area contributed by atoms with E-state index in [1.807, 2.05) is 0 Å². The van der Waals surface area contributed by atoms with Gasteiger partial charge in [0, 0.05) is 36.7 Å². The summed E-state index contributed by atoms with van der Waals surface area (Å²) >= 11 is 0. The normalized spacial score (nSPS) is 16.0. The Morgan fingerprint density at radius 1 is 1.32 bits per heavy atom. The Kier molecular flexibility index (Phi) is 4.78. The van der Waals surface area contributed by atoms with Crippen LogP contribution in [0.4, 0.5) is 14.7 Å². The fourth-order valence-corrected chi connectivity index (χ4v) is 2.90. The van der Waals surface area contributed by atoms with Crippen molar-refractivity contribution in [2.75, 3.05) is 18.5 Å². The van der Waals surface area contributed by atoms with Crippen molar-refractivity contribution in [2.24, 2.45) is 0 Å². The van der Waals surface area contributed by atoms with Gasteiger partial charge in [-0.1, -0.05) is 0 Å². The van der Waals surface area contributed by atoms with Crippen molar-refractivity contribution in [3.05, 3.63) is 52.5 Å². The zero-order valence-corrected chi connectivity index (χ0v) is 14.6. The number of nitrogens with zero attached hydrogens (tertiary/aromatic N) is 3. The first-order valence-corrected chi connectivity index (χ1v) is 8.61. The molecule has 4 rings (SSSR count). The molecule has 28 heavy (non-hydrogen) atoms. The van der Waals surface area contributed by atoms with E-state index in [-0.39, 0.29) is 36.4 Å². The number of anilines is 1. The number of nitrogens with one attached hydrogen (secondary N) is 1. The molecule has 1 atom stereocenters. The van der Waals surface area contributed by atoms with E-state index < -0.39 is 17.2 Å². The summed E-state index contributed by atoms with van der Waals surface area (Å²) in [5.41, 5.74) is -0.458. The third kappa shape index (κ3) is 3.46. The minimum absolute atomic E-state index is 0.0198. The topological polar surface area (TPSA) is 98.5 Å². The van der Waals surface area contributed by atoms with Crippen LogP contribution in [0.2, 0.25) is 0 Å². The molecule has 146 valence electrons. The van der Waals surface area contributed by atoms with Gasteiger partial charge in [0.05, 0.1) is 0 Å². The van der Waals surface area contributed by atoms with Gasteiger partial charge in [-0.05, 0) is 24.6 Å². The third-order valence-electron chi connectivity index (χ3n) is 4.28. The van der Waals surface area contributed by atoms with Crippen molar-refractivity contribution in [3.8, 4) is 11.5 Å². The largest absolute Gasteiger partial charge is 0.448 e. The Hall–Kier alpha value is -3.27. The molecule has 0 saturated heterocycles. The highest BCUT2D eigenvalue weighted by atomic mass is 19.1. The van der Waals surface area contributed by atoms with Gasteiger partial charge in [-0.3, -0.25) is 4.79 Å². The quantitative estimate of drug-likeness (QED) is 0.702.